The Bertz CT molecular complexity index is 687. The number of hydrogen-bond acceptors (Lipinski definition) is 4. The van der Waals surface area contributed by atoms with Crippen LogP contribution in [-0.2, 0) is 0 Å². The molecule has 122 valence electrons. The molecule has 0 aliphatic heterocycles. The van der Waals surface area contributed by atoms with Crippen LogP contribution in [-0.4, -0.2) is 43.5 Å². The van der Waals surface area contributed by atoms with Crippen LogP contribution in [0.5, 0.6) is 5.75 Å². The predicted octanol–water partition coefficient (Wildman–Crippen LogP) is 1.42. The summed E-state index contributed by atoms with van der Waals surface area (Å²) in [5, 5.41) is 2.89. The third-order valence-electron chi connectivity index (χ3n) is 3.63. The van der Waals surface area contributed by atoms with Gasteiger partial charge in [-0.1, -0.05) is 12.1 Å². The number of nitrogens with zero attached hydrogens (tertiary/aromatic N) is 1. The lowest BCUT2D eigenvalue weighted by atomic mass is 10.1. The minimum atomic E-state index is -0.231. The number of H-pyrrole nitrogens is 1. The van der Waals surface area contributed by atoms with Gasteiger partial charge in [0, 0.05) is 18.8 Å². The molecule has 1 amide bonds. The van der Waals surface area contributed by atoms with E-state index in [1.54, 1.807) is 7.11 Å². The van der Waals surface area contributed by atoms with Gasteiger partial charge >= 0.3 is 0 Å². The van der Waals surface area contributed by atoms with Crippen LogP contribution in [0.2, 0.25) is 0 Å². The number of benzene rings is 1. The Morgan fingerprint density at radius 2 is 1.91 bits per heavy atom. The lowest BCUT2D eigenvalue weighted by Gasteiger charge is -2.25. The van der Waals surface area contributed by atoms with Gasteiger partial charge in [0.05, 0.1) is 18.7 Å². The van der Waals surface area contributed by atoms with Gasteiger partial charge in [0.2, 0.25) is 5.56 Å². The minimum absolute atomic E-state index is 0.0348. The molecule has 1 aromatic heterocycles. The van der Waals surface area contributed by atoms with Gasteiger partial charge in [0.15, 0.2) is 0 Å². The molecule has 0 fully saturated rings. The van der Waals surface area contributed by atoms with Crippen LogP contribution in [0.1, 0.15) is 22.0 Å². The number of likely N-dealkylation sites (N-methyl/N-ethyl adjacent to an activating group) is 1. The Hall–Kier alpha value is -2.60. The topological polar surface area (TPSA) is 74.4 Å². The zero-order valence-corrected chi connectivity index (χ0v) is 13.5. The number of aromatic amines is 1. The fraction of sp³-hybridized carbons (Fsp3) is 0.294. The smallest absolute Gasteiger partial charge is 0.252 e. The molecule has 0 bridgehead atoms. The van der Waals surface area contributed by atoms with Crippen molar-refractivity contribution in [3.63, 3.8) is 0 Å². The van der Waals surface area contributed by atoms with Crippen LogP contribution in [0.4, 0.5) is 0 Å². The Morgan fingerprint density at radius 3 is 2.43 bits per heavy atom. The molecular weight excluding hydrogens is 294 g/mol. The average Bonchev–Trinajstić information content (AvgIpc) is 2.55. The molecule has 6 heteroatoms. The second kappa shape index (κ2) is 7.60. The molecule has 0 radical (unpaired) electrons. The first kappa shape index (κ1) is 16.8. The molecule has 0 spiro atoms. The largest absolute Gasteiger partial charge is 0.497 e. The number of pyridine rings is 1. The molecule has 6 nitrogen and oxygen atoms in total. The standard InChI is InChI=1S/C17H21N3O3/c1-20(2)15(12-4-7-14(23-3)8-5-12)11-19-17(22)13-6-9-16(21)18-10-13/h4-10,15H,11H2,1-3H3,(H,18,21)(H,19,22). The van der Waals surface area contributed by atoms with Gasteiger partial charge in [-0.15, -0.1) is 0 Å². The van der Waals surface area contributed by atoms with Crippen molar-refractivity contribution in [2.45, 2.75) is 6.04 Å². The van der Waals surface area contributed by atoms with Gasteiger partial charge in [-0.3, -0.25) is 9.59 Å². The van der Waals surface area contributed by atoms with Crippen LogP contribution in [0.15, 0.2) is 47.4 Å². The van der Waals surface area contributed by atoms with Crippen molar-refractivity contribution in [1.29, 1.82) is 0 Å². The number of carbonyl (C=O) groups is 1. The van der Waals surface area contributed by atoms with E-state index in [0.717, 1.165) is 11.3 Å². The summed E-state index contributed by atoms with van der Waals surface area (Å²) in [5.41, 5.74) is 1.28. The van der Waals surface area contributed by atoms with Gasteiger partial charge in [-0.2, -0.15) is 0 Å². The first-order valence-corrected chi connectivity index (χ1v) is 7.28. The van der Waals surface area contributed by atoms with Gasteiger partial charge < -0.3 is 19.9 Å². The molecule has 1 aromatic carbocycles. The number of hydrogen-bond donors (Lipinski definition) is 2. The molecule has 2 rings (SSSR count). The van der Waals surface area contributed by atoms with E-state index in [1.807, 2.05) is 43.3 Å². The molecule has 2 aromatic rings. The van der Waals surface area contributed by atoms with Gasteiger partial charge in [0.25, 0.3) is 5.91 Å². The number of amides is 1. The highest BCUT2D eigenvalue weighted by molar-refractivity contribution is 5.93. The summed E-state index contributed by atoms with van der Waals surface area (Å²) < 4.78 is 5.16. The van der Waals surface area contributed by atoms with Crippen LogP contribution in [0.3, 0.4) is 0 Å². The van der Waals surface area contributed by atoms with Crippen LogP contribution < -0.4 is 15.6 Å². The number of carbonyl (C=O) groups excluding carboxylic acids is 1. The summed E-state index contributed by atoms with van der Waals surface area (Å²) >= 11 is 0. The van der Waals surface area contributed by atoms with Gasteiger partial charge in [-0.05, 0) is 37.9 Å². The lowest BCUT2D eigenvalue weighted by molar-refractivity contribution is 0.0941. The van der Waals surface area contributed by atoms with Crippen molar-refractivity contribution >= 4 is 5.91 Å². The highest BCUT2D eigenvalue weighted by Crippen LogP contribution is 2.20. The summed E-state index contributed by atoms with van der Waals surface area (Å²) in [4.78, 5) is 27.7. The van der Waals surface area contributed by atoms with E-state index in [4.69, 9.17) is 4.74 Å². The van der Waals surface area contributed by atoms with E-state index < -0.39 is 0 Å². The quantitative estimate of drug-likeness (QED) is 0.845. The van der Waals surface area contributed by atoms with E-state index >= 15 is 0 Å². The van der Waals surface area contributed by atoms with Crippen molar-refractivity contribution in [1.82, 2.24) is 15.2 Å². The minimum Gasteiger partial charge on any atom is -0.497 e. The second-order valence-electron chi connectivity index (χ2n) is 5.40. The highest BCUT2D eigenvalue weighted by atomic mass is 16.5. The van der Waals surface area contributed by atoms with Crippen molar-refractivity contribution in [2.24, 2.45) is 0 Å². The number of ether oxygens (including phenoxy) is 1. The molecule has 2 N–H and O–H groups in total. The maximum Gasteiger partial charge on any atom is 0.252 e. The van der Waals surface area contributed by atoms with E-state index in [1.165, 1.54) is 18.3 Å². The Kier molecular flexibility index (Phi) is 5.54. The molecule has 23 heavy (non-hydrogen) atoms. The Balaban J connectivity index is 2.05. The van der Waals surface area contributed by atoms with E-state index in [2.05, 4.69) is 10.3 Å². The van der Waals surface area contributed by atoms with Gasteiger partial charge in [0.1, 0.15) is 5.75 Å². The summed E-state index contributed by atoms with van der Waals surface area (Å²) in [6.45, 7) is 0.456. The fourth-order valence-corrected chi connectivity index (χ4v) is 2.27. The van der Waals surface area contributed by atoms with E-state index in [9.17, 15) is 9.59 Å². The third-order valence-corrected chi connectivity index (χ3v) is 3.63. The Labute approximate surface area is 135 Å². The summed E-state index contributed by atoms with van der Waals surface area (Å²) in [6, 6.07) is 10.6. The predicted molar refractivity (Wildman–Crippen MR) is 88.8 cm³/mol. The highest BCUT2D eigenvalue weighted by Gasteiger charge is 2.16. The maximum absolute atomic E-state index is 12.1. The molecular formula is C17H21N3O3. The maximum atomic E-state index is 12.1. The zero-order valence-electron chi connectivity index (χ0n) is 13.5. The number of aromatic nitrogens is 1. The molecule has 0 aliphatic rings. The Morgan fingerprint density at radius 1 is 1.22 bits per heavy atom. The molecule has 1 heterocycles. The molecule has 0 aliphatic carbocycles. The van der Waals surface area contributed by atoms with Crippen molar-refractivity contribution in [2.75, 3.05) is 27.7 Å². The normalized spacial score (nSPS) is 12.0. The van der Waals surface area contributed by atoms with Crippen LogP contribution in [0.25, 0.3) is 0 Å². The monoisotopic (exact) mass is 315 g/mol. The summed E-state index contributed by atoms with van der Waals surface area (Å²) in [7, 11) is 5.55. The van der Waals surface area contributed by atoms with Crippen molar-refractivity contribution in [3.05, 3.63) is 64.1 Å². The van der Waals surface area contributed by atoms with Crippen molar-refractivity contribution < 1.29 is 9.53 Å². The van der Waals surface area contributed by atoms with Crippen molar-refractivity contribution in [3.8, 4) is 5.75 Å². The lowest BCUT2D eigenvalue weighted by Crippen LogP contribution is -2.34. The first-order chi connectivity index (χ1) is 11.0. The number of nitrogens with one attached hydrogen (secondary N) is 2. The molecule has 1 atom stereocenters. The second-order valence-corrected chi connectivity index (χ2v) is 5.40. The molecule has 0 saturated carbocycles. The summed E-state index contributed by atoms with van der Waals surface area (Å²) in [5.74, 6) is 0.574. The number of methoxy groups -OCH3 is 1. The molecule has 1 unspecified atom stereocenters. The summed E-state index contributed by atoms with van der Waals surface area (Å²) in [6.07, 6.45) is 1.41. The SMILES string of the molecule is COc1ccc(C(CNC(=O)c2ccc(=O)[nH]c2)N(C)C)cc1. The molecule has 0 saturated heterocycles. The van der Waals surface area contributed by atoms with E-state index in [0.29, 0.717) is 12.1 Å². The first-order valence-electron chi connectivity index (χ1n) is 7.28. The van der Waals surface area contributed by atoms with Crippen LogP contribution >= 0.6 is 0 Å². The van der Waals surface area contributed by atoms with Gasteiger partial charge in [-0.25, -0.2) is 0 Å². The van der Waals surface area contributed by atoms with E-state index in [-0.39, 0.29) is 17.5 Å². The average molecular weight is 315 g/mol. The van der Waals surface area contributed by atoms with Crippen LogP contribution in [0, 0.1) is 0 Å². The zero-order chi connectivity index (χ0) is 16.8. The fourth-order valence-electron chi connectivity index (χ4n) is 2.27. The number of rotatable bonds is 6. The third kappa shape index (κ3) is 4.43.